The lowest BCUT2D eigenvalue weighted by molar-refractivity contribution is 0.0294. The number of nitrogens with zero attached hydrogens (tertiary/aromatic N) is 2. The molecule has 2 aliphatic rings. The maximum atomic E-state index is 3.57. The standard InChI is InChI=1S/C16H33N3/c1-14(2)12-17-8-7-15(3)19-11-10-18-9-5-4-6-16(18)13-19/h14-17H,4-13H2,1-3H3. The van der Waals surface area contributed by atoms with Crippen molar-refractivity contribution < 1.29 is 0 Å². The van der Waals surface area contributed by atoms with Gasteiger partial charge in [0.15, 0.2) is 0 Å². The molecule has 0 saturated carbocycles. The van der Waals surface area contributed by atoms with Crippen LogP contribution in [-0.4, -0.2) is 61.2 Å². The van der Waals surface area contributed by atoms with Crippen LogP contribution in [0.3, 0.4) is 0 Å². The minimum Gasteiger partial charge on any atom is -0.316 e. The zero-order valence-electron chi connectivity index (χ0n) is 13.2. The molecule has 19 heavy (non-hydrogen) atoms. The van der Waals surface area contributed by atoms with Crippen molar-refractivity contribution in [1.82, 2.24) is 15.1 Å². The number of hydrogen-bond acceptors (Lipinski definition) is 3. The van der Waals surface area contributed by atoms with Crippen molar-refractivity contribution in [3.8, 4) is 0 Å². The summed E-state index contributed by atoms with van der Waals surface area (Å²) in [7, 11) is 0. The van der Waals surface area contributed by atoms with Crippen LogP contribution in [0.5, 0.6) is 0 Å². The van der Waals surface area contributed by atoms with Crippen LogP contribution in [0.4, 0.5) is 0 Å². The molecule has 0 radical (unpaired) electrons. The molecule has 2 aliphatic heterocycles. The fourth-order valence-corrected chi connectivity index (χ4v) is 3.46. The van der Waals surface area contributed by atoms with Gasteiger partial charge in [-0.2, -0.15) is 0 Å². The first-order valence-corrected chi connectivity index (χ1v) is 8.35. The maximum absolute atomic E-state index is 3.57. The van der Waals surface area contributed by atoms with Crippen molar-refractivity contribution in [3.05, 3.63) is 0 Å². The van der Waals surface area contributed by atoms with E-state index in [0.717, 1.165) is 24.5 Å². The van der Waals surface area contributed by atoms with Crippen molar-refractivity contribution in [2.75, 3.05) is 39.3 Å². The minimum atomic E-state index is 0.740. The topological polar surface area (TPSA) is 18.5 Å². The lowest BCUT2D eigenvalue weighted by Crippen LogP contribution is -2.56. The van der Waals surface area contributed by atoms with Crippen LogP contribution in [0.25, 0.3) is 0 Å². The molecule has 2 unspecified atom stereocenters. The van der Waals surface area contributed by atoms with E-state index in [4.69, 9.17) is 0 Å². The van der Waals surface area contributed by atoms with E-state index in [-0.39, 0.29) is 0 Å². The molecule has 2 atom stereocenters. The van der Waals surface area contributed by atoms with Gasteiger partial charge >= 0.3 is 0 Å². The fourth-order valence-electron chi connectivity index (χ4n) is 3.46. The van der Waals surface area contributed by atoms with Crippen LogP contribution < -0.4 is 5.32 Å². The summed E-state index contributed by atoms with van der Waals surface area (Å²) in [5.74, 6) is 0.765. The third-order valence-electron chi connectivity index (χ3n) is 4.78. The van der Waals surface area contributed by atoms with Crippen LogP contribution in [0.15, 0.2) is 0 Å². The Labute approximate surface area is 119 Å². The summed E-state index contributed by atoms with van der Waals surface area (Å²) >= 11 is 0. The van der Waals surface area contributed by atoms with E-state index in [0.29, 0.717) is 0 Å². The largest absolute Gasteiger partial charge is 0.316 e. The van der Waals surface area contributed by atoms with Gasteiger partial charge in [-0.15, -0.1) is 0 Å². The molecule has 0 aliphatic carbocycles. The third kappa shape index (κ3) is 4.73. The average Bonchev–Trinajstić information content (AvgIpc) is 2.42. The van der Waals surface area contributed by atoms with Crippen LogP contribution >= 0.6 is 0 Å². The molecule has 0 aromatic carbocycles. The van der Waals surface area contributed by atoms with Crippen LogP contribution in [0.2, 0.25) is 0 Å². The van der Waals surface area contributed by atoms with Crippen molar-refractivity contribution in [2.24, 2.45) is 5.92 Å². The molecule has 0 amide bonds. The Morgan fingerprint density at radius 2 is 1.95 bits per heavy atom. The van der Waals surface area contributed by atoms with E-state index < -0.39 is 0 Å². The number of rotatable bonds is 6. The molecule has 0 aromatic heterocycles. The van der Waals surface area contributed by atoms with E-state index >= 15 is 0 Å². The van der Waals surface area contributed by atoms with Crippen molar-refractivity contribution in [2.45, 2.75) is 58.5 Å². The summed E-state index contributed by atoms with van der Waals surface area (Å²) in [5.41, 5.74) is 0. The van der Waals surface area contributed by atoms with Crippen molar-refractivity contribution >= 4 is 0 Å². The Balaban J connectivity index is 1.66. The first kappa shape index (κ1) is 15.3. The van der Waals surface area contributed by atoms with E-state index in [9.17, 15) is 0 Å². The second kappa shape index (κ2) is 7.61. The molecule has 3 heteroatoms. The number of fused-ring (bicyclic) bond motifs is 1. The molecule has 2 rings (SSSR count). The first-order chi connectivity index (χ1) is 9.16. The summed E-state index contributed by atoms with van der Waals surface area (Å²) in [6.45, 7) is 14.5. The highest BCUT2D eigenvalue weighted by Gasteiger charge is 2.30. The molecular formula is C16H33N3. The summed E-state index contributed by atoms with van der Waals surface area (Å²) < 4.78 is 0. The van der Waals surface area contributed by atoms with Crippen LogP contribution in [0.1, 0.15) is 46.5 Å². The Morgan fingerprint density at radius 3 is 2.74 bits per heavy atom. The molecule has 2 heterocycles. The van der Waals surface area contributed by atoms with E-state index in [2.05, 4.69) is 35.9 Å². The van der Waals surface area contributed by atoms with Crippen LogP contribution in [0, 0.1) is 5.92 Å². The molecule has 0 spiro atoms. The summed E-state index contributed by atoms with van der Waals surface area (Å²) in [4.78, 5) is 5.45. The van der Waals surface area contributed by atoms with E-state index in [1.54, 1.807) is 0 Å². The predicted octanol–water partition coefficient (Wildman–Crippen LogP) is 2.18. The van der Waals surface area contributed by atoms with Gasteiger partial charge in [0.2, 0.25) is 0 Å². The zero-order valence-corrected chi connectivity index (χ0v) is 13.2. The molecule has 3 nitrogen and oxygen atoms in total. The van der Waals surface area contributed by atoms with Gasteiger partial charge in [-0.05, 0) is 51.7 Å². The Morgan fingerprint density at radius 1 is 1.11 bits per heavy atom. The predicted molar refractivity (Wildman–Crippen MR) is 82.6 cm³/mol. The highest BCUT2D eigenvalue weighted by atomic mass is 15.3. The van der Waals surface area contributed by atoms with Crippen molar-refractivity contribution in [3.63, 3.8) is 0 Å². The lowest BCUT2D eigenvalue weighted by Gasteiger charge is -2.46. The molecule has 1 N–H and O–H groups in total. The first-order valence-electron chi connectivity index (χ1n) is 8.35. The Bertz CT molecular complexity index is 254. The van der Waals surface area contributed by atoms with E-state index in [1.807, 2.05) is 0 Å². The maximum Gasteiger partial charge on any atom is 0.0223 e. The molecule has 0 bridgehead atoms. The highest BCUT2D eigenvalue weighted by molar-refractivity contribution is 4.87. The van der Waals surface area contributed by atoms with Gasteiger partial charge in [-0.1, -0.05) is 20.3 Å². The molecule has 2 fully saturated rings. The molecule has 0 aromatic rings. The van der Waals surface area contributed by atoms with Gasteiger partial charge in [0.1, 0.15) is 0 Å². The van der Waals surface area contributed by atoms with Crippen LogP contribution in [-0.2, 0) is 0 Å². The normalized spacial score (nSPS) is 27.5. The summed E-state index contributed by atoms with van der Waals surface area (Å²) in [6, 6.07) is 1.59. The van der Waals surface area contributed by atoms with Crippen molar-refractivity contribution in [1.29, 1.82) is 0 Å². The second-order valence-corrected chi connectivity index (χ2v) is 6.92. The monoisotopic (exact) mass is 267 g/mol. The van der Waals surface area contributed by atoms with Gasteiger partial charge in [0.05, 0.1) is 0 Å². The SMILES string of the molecule is CC(C)CNCCC(C)N1CCN2CCCCC2C1. The fraction of sp³-hybridized carbons (Fsp3) is 1.00. The van der Waals surface area contributed by atoms with Gasteiger partial charge < -0.3 is 5.32 Å². The average molecular weight is 267 g/mol. The highest BCUT2D eigenvalue weighted by Crippen LogP contribution is 2.22. The molecular weight excluding hydrogens is 234 g/mol. The second-order valence-electron chi connectivity index (χ2n) is 6.92. The number of nitrogens with one attached hydrogen (secondary N) is 1. The summed E-state index contributed by atoms with van der Waals surface area (Å²) in [6.07, 6.45) is 5.58. The number of piperazine rings is 1. The Kier molecular flexibility index (Phi) is 6.11. The lowest BCUT2D eigenvalue weighted by atomic mass is 9.98. The molecule has 2 saturated heterocycles. The molecule has 112 valence electrons. The number of piperidine rings is 1. The minimum absolute atomic E-state index is 0.740. The van der Waals surface area contributed by atoms with E-state index in [1.165, 1.54) is 58.4 Å². The quantitative estimate of drug-likeness (QED) is 0.744. The smallest absolute Gasteiger partial charge is 0.0223 e. The van der Waals surface area contributed by atoms with Gasteiger partial charge in [0, 0.05) is 31.7 Å². The number of hydrogen-bond donors (Lipinski definition) is 1. The zero-order chi connectivity index (χ0) is 13.7. The van der Waals surface area contributed by atoms with Gasteiger partial charge in [-0.3, -0.25) is 9.80 Å². The van der Waals surface area contributed by atoms with Gasteiger partial charge in [-0.25, -0.2) is 0 Å². The summed E-state index contributed by atoms with van der Waals surface area (Å²) in [5, 5.41) is 3.57. The Hall–Kier alpha value is -0.120. The van der Waals surface area contributed by atoms with Gasteiger partial charge in [0.25, 0.3) is 0 Å². The third-order valence-corrected chi connectivity index (χ3v) is 4.78.